The Morgan fingerprint density at radius 2 is 1.96 bits per heavy atom. The molecule has 0 aliphatic carbocycles. The minimum absolute atomic E-state index is 0.106. The average Bonchev–Trinajstić information content (AvgIpc) is 2.87. The van der Waals surface area contributed by atoms with E-state index in [0.717, 1.165) is 0 Å². The van der Waals surface area contributed by atoms with Crippen LogP contribution in [0.5, 0.6) is 11.5 Å². The number of benzene rings is 1. The standard InChI is InChI=1S/C14H17N5O3S/c1-19-7-10(12(18-19)13(15)20)17-14(23)16-9-6-8(21-2)4-5-11(9)22-3/h4-7H,1-3H3,(H2,15,20)(H2,16,17,23). The maximum Gasteiger partial charge on any atom is 0.271 e. The van der Waals surface area contributed by atoms with Crippen molar-refractivity contribution in [2.45, 2.75) is 0 Å². The number of aryl methyl sites for hydroxylation is 1. The van der Waals surface area contributed by atoms with E-state index in [1.165, 1.54) is 4.68 Å². The molecule has 0 saturated heterocycles. The zero-order chi connectivity index (χ0) is 17.0. The summed E-state index contributed by atoms with van der Waals surface area (Å²) in [6, 6.07) is 5.26. The summed E-state index contributed by atoms with van der Waals surface area (Å²) in [5, 5.41) is 10.1. The number of carbonyl (C=O) groups excluding carboxylic acids is 1. The first-order chi connectivity index (χ1) is 10.9. The van der Waals surface area contributed by atoms with E-state index >= 15 is 0 Å². The van der Waals surface area contributed by atoms with Crippen LogP contribution in [0.4, 0.5) is 11.4 Å². The number of hydrogen-bond acceptors (Lipinski definition) is 5. The Hall–Kier alpha value is -2.81. The van der Waals surface area contributed by atoms with Crippen molar-refractivity contribution in [1.82, 2.24) is 9.78 Å². The Labute approximate surface area is 138 Å². The van der Waals surface area contributed by atoms with E-state index in [-0.39, 0.29) is 10.8 Å². The van der Waals surface area contributed by atoms with Gasteiger partial charge in [-0.05, 0) is 24.4 Å². The molecule has 1 aromatic heterocycles. The summed E-state index contributed by atoms with van der Waals surface area (Å²) in [7, 11) is 4.80. The van der Waals surface area contributed by atoms with Gasteiger partial charge in [0.05, 0.1) is 25.6 Å². The van der Waals surface area contributed by atoms with Crippen LogP contribution in [0.25, 0.3) is 0 Å². The maximum atomic E-state index is 11.4. The molecule has 2 aromatic rings. The highest BCUT2D eigenvalue weighted by molar-refractivity contribution is 7.80. The predicted molar refractivity (Wildman–Crippen MR) is 91.1 cm³/mol. The predicted octanol–water partition coefficient (Wildman–Crippen LogP) is 1.35. The summed E-state index contributed by atoms with van der Waals surface area (Å²) in [5.41, 5.74) is 6.43. The Balaban J connectivity index is 2.18. The van der Waals surface area contributed by atoms with Crippen molar-refractivity contribution in [3.8, 4) is 11.5 Å². The van der Waals surface area contributed by atoms with Crippen molar-refractivity contribution >= 4 is 34.6 Å². The Kier molecular flexibility index (Phi) is 5.02. The van der Waals surface area contributed by atoms with E-state index in [1.807, 2.05) is 0 Å². The molecule has 9 heteroatoms. The van der Waals surface area contributed by atoms with Gasteiger partial charge in [-0.1, -0.05) is 0 Å². The highest BCUT2D eigenvalue weighted by Gasteiger charge is 2.15. The molecule has 0 aliphatic heterocycles. The largest absolute Gasteiger partial charge is 0.497 e. The van der Waals surface area contributed by atoms with Gasteiger partial charge in [-0.15, -0.1) is 0 Å². The van der Waals surface area contributed by atoms with E-state index < -0.39 is 5.91 Å². The first kappa shape index (κ1) is 16.6. The van der Waals surface area contributed by atoms with Crippen molar-refractivity contribution < 1.29 is 14.3 Å². The molecular weight excluding hydrogens is 318 g/mol. The second-order valence-electron chi connectivity index (χ2n) is 4.57. The number of anilines is 2. The molecule has 0 atom stereocenters. The molecule has 2 rings (SSSR count). The smallest absolute Gasteiger partial charge is 0.271 e. The molecular formula is C14H17N5O3S. The number of methoxy groups -OCH3 is 2. The van der Waals surface area contributed by atoms with Crippen molar-refractivity contribution in [2.75, 3.05) is 24.9 Å². The molecule has 1 aromatic carbocycles. The van der Waals surface area contributed by atoms with Crippen LogP contribution in [0.15, 0.2) is 24.4 Å². The lowest BCUT2D eigenvalue weighted by Gasteiger charge is -2.14. The Morgan fingerprint density at radius 3 is 2.57 bits per heavy atom. The van der Waals surface area contributed by atoms with Crippen LogP contribution < -0.4 is 25.8 Å². The fourth-order valence-corrected chi connectivity index (χ4v) is 2.17. The Morgan fingerprint density at radius 1 is 1.26 bits per heavy atom. The van der Waals surface area contributed by atoms with Crippen LogP contribution in [-0.2, 0) is 7.05 Å². The lowest BCUT2D eigenvalue weighted by Crippen LogP contribution is -2.22. The number of primary amides is 1. The lowest BCUT2D eigenvalue weighted by molar-refractivity contribution is 0.0995. The molecule has 0 saturated carbocycles. The summed E-state index contributed by atoms with van der Waals surface area (Å²) >= 11 is 5.25. The summed E-state index contributed by atoms with van der Waals surface area (Å²) < 4.78 is 11.9. The molecule has 0 unspecified atom stereocenters. The van der Waals surface area contributed by atoms with Gasteiger partial charge in [0.2, 0.25) is 0 Å². The number of hydrogen-bond donors (Lipinski definition) is 3. The number of rotatable bonds is 5. The molecule has 122 valence electrons. The third-order valence-electron chi connectivity index (χ3n) is 2.97. The second-order valence-corrected chi connectivity index (χ2v) is 4.98. The highest BCUT2D eigenvalue weighted by atomic mass is 32.1. The quantitative estimate of drug-likeness (QED) is 0.709. The minimum atomic E-state index is -0.644. The van der Waals surface area contributed by atoms with E-state index in [9.17, 15) is 4.79 Å². The molecule has 1 heterocycles. The van der Waals surface area contributed by atoms with Gasteiger partial charge in [0, 0.05) is 19.3 Å². The third-order valence-corrected chi connectivity index (χ3v) is 3.17. The summed E-state index contributed by atoms with van der Waals surface area (Å²) in [6.45, 7) is 0. The molecule has 8 nitrogen and oxygen atoms in total. The van der Waals surface area contributed by atoms with E-state index in [1.54, 1.807) is 45.7 Å². The van der Waals surface area contributed by atoms with Crippen molar-refractivity contribution in [2.24, 2.45) is 12.8 Å². The zero-order valence-corrected chi connectivity index (χ0v) is 13.7. The number of nitrogens with zero attached hydrogens (tertiary/aromatic N) is 2. The number of ether oxygens (including phenoxy) is 2. The first-order valence-corrected chi connectivity index (χ1v) is 6.99. The van der Waals surface area contributed by atoms with Crippen molar-refractivity contribution in [3.63, 3.8) is 0 Å². The van der Waals surface area contributed by atoms with E-state index in [2.05, 4.69) is 15.7 Å². The molecule has 23 heavy (non-hydrogen) atoms. The van der Waals surface area contributed by atoms with E-state index in [4.69, 9.17) is 27.4 Å². The Bertz CT molecular complexity index is 744. The van der Waals surface area contributed by atoms with Crippen LogP contribution in [0, 0.1) is 0 Å². The van der Waals surface area contributed by atoms with Crippen LogP contribution in [0.1, 0.15) is 10.5 Å². The second kappa shape index (κ2) is 6.97. The van der Waals surface area contributed by atoms with Gasteiger partial charge in [-0.3, -0.25) is 9.48 Å². The molecule has 1 amide bonds. The number of thiocarbonyl (C=S) groups is 1. The first-order valence-electron chi connectivity index (χ1n) is 6.58. The summed E-state index contributed by atoms with van der Waals surface area (Å²) in [5.74, 6) is 0.599. The topological polar surface area (TPSA) is 103 Å². The molecule has 0 radical (unpaired) electrons. The van der Waals surface area contributed by atoms with Gasteiger partial charge in [-0.2, -0.15) is 5.10 Å². The fraction of sp³-hybridized carbons (Fsp3) is 0.214. The third kappa shape index (κ3) is 3.89. The van der Waals surface area contributed by atoms with Crippen LogP contribution >= 0.6 is 12.2 Å². The van der Waals surface area contributed by atoms with Gasteiger partial charge in [0.15, 0.2) is 10.8 Å². The monoisotopic (exact) mass is 335 g/mol. The average molecular weight is 335 g/mol. The number of nitrogens with two attached hydrogens (primary N) is 1. The number of carbonyl (C=O) groups is 1. The molecule has 0 fully saturated rings. The summed E-state index contributed by atoms with van der Waals surface area (Å²) in [6.07, 6.45) is 1.61. The van der Waals surface area contributed by atoms with Gasteiger partial charge in [0.1, 0.15) is 11.5 Å². The molecule has 0 bridgehead atoms. The SMILES string of the molecule is COc1ccc(OC)c(NC(=S)Nc2cn(C)nc2C(N)=O)c1. The number of nitrogens with one attached hydrogen (secondary N) is 2. The molecule has 0 aliphatic rings. The maximum absolute atomic E-state index is 11.4. The normalized spacial score (nSPS) is 10.0. The van der Waals surface area contributed by atoms with Crippen LogP contribution in [-0.4, -0.2) is 35.0 Å². The van der Waals surface area contributed by atoms with Crippen LogP contribution in [0.3, 0.4) is 0 Å². The summed E-state index contributed by atoms with van der Waals surface area (Å²) in [4.78, 5) is 11.4. The van der Waals surface area contributed by atoms with Crippen molar-refractivity contribution in [1.29, 1.82) is 0 Å². The number of amides is 1. The highest BCUT2D eigenvalue weighted by Crippen LogP contribution is 2.29. The molecule has 0 spiro atoms. The zero-order valence-electron chi connectivity index (χ0n) is 12.9. The minimum Gasteiger partial charge on any atom is -0.497 e. The van der Waals surface area contributed by atoms with Crippen molar-refractivity contribution in [3.05, 3.63) is 30.1 Å². The van der Waals surface area contributed by atoms with E-state index in [0.29, 0.717) is 22.9 Å². The van der Waals surface area contributed by atoms with Gasteiger partial charge in [-0.25, -0.2) is 0 Å². The van der Waals surface area contributed by atoms with Gasteiger partial charge >= 0.3 is 0 Å². The van der Waals surface area contributed by atoms with Gasteiger partial charge in [0.25, 0.3) is 5.91 Å². The lowest BCUT2D eigenvalue weighted by atomic mass is 10.2. The fourth-order valence-electron chi connectivity index (χ4n) is 1.95. The van der Waals surface area contributed by atoms with Gasteiger partial charge < -0.3 is 25.8 Å². The van der Waals surface area contributed by atoms with Crippen LogP contribution in [0.2, 0.25) is 0 Å². The number of aromatic nitrogens is 2. The molecule has 4 N–H and O–H groups in total.